The Labute approximate surface area is 173 Å². The number of pyridine rings is 2. The Bertz CT molecular complexity index is 1210. The minimum absolute atomic E-state index is 0.168. The molecule has 1 aromatic carbocycles. The van der Waals surface area contributed by atoms with Crippen molar-refractivity contribution < 1.29 is 9.90 Å². The number of nitrogens with zero attached hydrogens (tertiary/aromatic N) is 5. The molecule has 4 heterocycles. The van der Waals surface area contributed by atoms with Crippen LogP contribution in [0.2, 0.25) is 0 Å². The van der Waals surface area contributed by atoms with Gasteiger partial charge in [-0.3, -0.25) is 9.55 Å². The zero-order valence-electron chi connectivity index (χ0n) is 16.4. The second kappa shape index (κ2) is 7.62. The van der Waals surface area contributed by atoms with E-state index >= 15 is 0 Å². The summed E-state index contributed by atoms with van der Waals surface area (Å²) in [5.74, 6) is 0.755. The van der Waals surface area contributed by atoms with Crippen molar-refractivity contribution >= 4 is 34.1 Å². The first-order valence-corrected chi connectivity index (χ1v) is 10.1. The highest BCUT2D eigenvalue weighted by Crippen LogP contribution is 2.24. The summed E-state index contributed by atoms with van der Waals surface area (Å²) in [7, 11) is 0. The molecule has 2 N–H and O–H groups in total. The Kier molecular flexibility index (Phi) is 4.66. The molecule has 1 aliphatic rings. The predicted octanol–water partition coefficient (Wildman–Crippen LogP) is 3.58. The lowest BCUT2D eigenvalue weighted by Crippen LogP contribution is -2.42. The van der Waals surface area contributed by atoms with E-state index in [1.807, 2.05) is 30.5 Å². The molecule has 0 aliphatic carbocycles. The smallest absolute Gasteiger partial charge is 0.407 e. The largest absolute Gasteiger partial charge is 0.465 e. The summed E-state index contributed by atoms with van der Waals surface area (Å²) in [5, 5.41) is 13.8. The zero-order chi connectivity index (χ0) is 20.5. The lowest BCUT2D eigenvalue weighted by molar-refractivity contribution is 0.133. The molecule has 8 nitrogen and oxygen atoms in total. The number of para-hydroxylation sites is 1. The monoisotopic (exact) mass is 402 g/mol. The van der Waals surface area contributed by atoms with Crippen LogP contribution in [0.15, 0.2) is 54.9 Å². The molecular weight excluding hydrogens is 380 g/mol. The number of piperidine rings is 1. The Morgan fingerprint density at radius 1 is 1.07 bits per heavy atom. The second-order valence-corrected chi connectivity index (χ2v) is 7.55. The van der Waals surface area contributed by atoms with Gasteiger partial charge in [0.1, 0.15) is 5.52 Å². The predicted molar refractivity (Wildman–Crippen MR) is 115 cm³/mol. The van der Waals surface area contributed by atoms with Gasteiger partial charge in [0, 0.05) is 36.9 Å². The molecule has 3 aromatic heterocycles. The van der Waals surface area contributed by atoms with Crippen LogP contribution in [-0.2, 0) is 6.54 Å². The molecule has 0 atom stereocenters. The fourth-order valence-corrected chi connectivity index (χ4v) is 4.08. The molecule has 0 radical (unpaired) electrons. The third-order valence-electron chi connectivity index (χ3n) is 5.65. The van der Waals surface area contributed by atoms with Gasteiger partial charge in [0.25, 0.3) is 0 Å². The number of amides is 1. The maximum Gasteiger partial charge on any atom is 0.407 e. The standard InChI is InChI=1S/C22H22N6O2/c29-22(30)27-12-8-17(9-13-27)25-21-26-18-7-3-11-24-20(18)28(21)14-16-5-1-4-15-6-2-10-23-19(15)16/h1-7,10-11,17H,8-9,12-14H2,(H,25,26)(H,29,30). The Morgan fingerprint density at radius 2 is 1.83 bits per heavy atom. The number of aromatic nitrogens is 4. The number of hydrogen-bond donors (Lipinski definition) is 2. The topological polar surface area (TPSA) is 96.2 Å². The molecule has 1 fully saturated rings. The average Bonchev–Trinajstić information content (AvgIpc) is 3.11. The highest BCUT2D eigenvalue weighted by atomic mass is 16.4. The Morgan fingerprint density at radius 3 is 2.67 bits per heavy atom. The first-order valence-electron chi connectivity index (χ1n) is 10.1. The van der Waals surface area contributed by atoms with Gasteiger partial charge in [-0.2, -0.15) is 0 Å². The quantitative estimate of drug-likeness (QED) is 0.542. The molecule has 0 spiro atoms. The first-order chi connectivity index (χ1) is 14.7. The van der Waals surface area contributed by atoms with E-state index in [0.29, 0.717) is 19.6 Å². The van der Waals surface area contributed by atoms with Crippen molar-refractivity contribution in [3.05, 3.63) is 60.4 Å². The summed E-state index contributed by atoms with van der Waals surface area (Å²) >= 11 is 0. The fourth-order valence-electron chi connectivity index (χ4n) is 4.08. The van der Waals surface area contributed by atoms with Gasteiger partial charge < -0.3 is 15.3 Å². The maximum atomic E-state index is 11.2. The molecule has 0 unspecified atom stereocenters. The summed E-state index contributed by atoms with van der Waals surface area (Å²) in [6.07, 6.45) is 4.23. The van der Waals surface area contributed by atoms with E-state index in [-0.39, 0.29) is 6.04 Å². The van der Waals surface area contributed by atoms with Crippen molar-refractivity contribution in [2.75, 3.05) is 18.4 Å². The first kappa shape index (κ1) is 18.4. The molecule has 1 aliphatic heterocycles. The van der Waals surface area contributed by atoms with Crippen molar-refractivity contribution in [2.45, 2.75) is 25.4 Å². The summed E-state index contributed by atoms with van der Waals surface area (Å²) in [6, 6.07) is 14.2. The molecule has 0 saturated carbocycles. The van der Waals surface area contributed by atoms with Crippen LogP contribution in [0.3, 0.4) is 0 Å². The van der Waals surface area contributed by atoms with Crippen LogP contribution >= 0.6 is 0 Å². The van der Waals surface area contributed by atoms with Crippen LogP contribution in [0.25, 0.3) is 22.1 Å². The normalized spacial score (nSPS) is 15.0. The van der Waals surface area contributed by atoms with Crippen molar-refractivity contribution in [2.24, 2.45) is 0 Å². The van der Waals surface area contributed by atoms with Crippen LogP contribution < -0.4 is 5.32 Å². The van der Waals surface area contributed by atoms with E-state index in [2.05, 4.69) is 38.1 Å². The van der Waals surface area contributed by atoms with Gasteiger partial charge in [0.05, 0.1) is 12.1 Å². The van der Waals surface area contributed by atoms with Gasteiger partial charge in [-0.05, 0) is 36.6 Å². The van der Waals surface area contributed by atoms with Gasteiger partial charge in [-0.15, -0.1) is 0 Å². The molecule has 1 saturated heterocycles. The molecule has 0 bridgehead atoms. The minimum atomic E-state index is -0.853. The number of likely N-dealkylation sites (tertiary alicyclic amines) is 1. The summed E-state index contributed by atoms with van der Waals surface area (Å²) < 4.78 is 2.09. The van der Waals surface area contributed by atoms with E-state index in [9.17, 15) is 9.90 Å². The molecule has 8 heteroatoms. The Hall–Kier alpha value is -3.68. The van der Waals surface area contributed by atoms with Crippen molar-refractivity contribution in [3.63, 3.8) is 0 Å². The third kappa shape index (κ3) is 3.41. The average molecular weight is 402 g/mol. The number of carboxylic acid groups (broad SMARTS) is 1. The van der Waals surface area contributed by atoms with E-state index in [4.69, 9.17) is 4.98 Å². The third-order valence-corrected chi connectivity index (χ3v) is 5.65. The summed E-state index contributed by atoms with van der Waals surface area (Å²) in [5.41, 5.74) is 3.72. The van der Waals surface area contributed by atoms with E-state index in [0.717, 1.165) is 46.4 Å². The van der Waals surface area contributed by atoms with E-state index in [1.165, 1.54) is 4.90 Å². The lowest BCUT2D eigenvalue weighted by atomic mass is 10.1. The van der Waals surface area contributed by atoms with Gasteiger partial charge in [0.15, 0.2) is 5.65 Å². The van der Waals surface area contributed by atoms with Gasteiger partial charge in [0.2, 0.25) is 5.95 Å². The molecule has 152 valence electrons. The highest BCUT2D eigenvalue weighted by Gasteiger charge is 2.24. The highest BCUT2D eigenvalue weighted by molar-refractivity contribution is 5.82. The summed E-state index contributed by atoms with van der Waals surface area (Å²) in [6.45, 7) is 1.65. The van der Waals surface area contributed by atoms with Gasteiger partial charge in [-0.1, -0.05) is 24.3 Å². The number of anilines is 1. The Balaban J connectivity index is 1.48. The number of rotatable bonds is 4. The van der Waals surface area contributed by atoms with Crippen molar-refractivity contribution in [1.82, 2.24) is 24.4 Å². The lowest BCUT2D eigenvalue weighted by Gasteiger charge is -2.30. The molecule has 30 heavy (non-hydrogen) atoms. The molecule has 1 amide bonds. The van der Waals surface area contributed by atoms with Gasteiger partial charge >= 0.3 is 6.09 Å². The molecule has 5 rings (SSSR count). The maximum absolute atomic E-state index is 11.2. The number of carbonyl (C=O) groups is 1. The molecular formula is C22H22N6O2. The number of hydrogen-bond acceptors (Lipinski definition) is 5. The van der Waals surface area contributed by atoms with Crippen LogP contribution in [0.4, 0.5) is 10.7 Å². The summed E-state index contributed by atoms with van der Waals surface area (Å²) in [4.78, 5) is 26.6. The second-order valence-electron chi connectivity index (χ2n) is 7.55. The van der Waals surface area contributed by atoms with Crippen LogP contribution in [0.1, 0.15) is 18.4 Å². The number of benzene rings is 1. The van der Waals surface area contributed by atoms with E-state index < -0.39 is 6.09 Å². The van der Waals surface area contributed by atoms with E-state index in [1.54, 1.807) is 6.20 Å². The van der Waals surface area contributed by atoms with Crippen LogP contribution in [0.5, 0.6) is 0 Å². The zero-order valence-corrected chi connectivity index (χ0v) is 16.4. The van der Waals surface area contributed by atoms with Crippen molar-refractivity contribution in [1.29, 1.82) is 0 Å². The number of nitrogens with one attached hydrogen (secondary N) is 1. The fraction of sp³-hybridized carbons (Fsp3) is 0.273. The van der Waals surface area contributed by atoms with Crippen LogP contribution in [-0.4, -0.2) is 54.8 Å². The number of fused-ring (bicyclic) bond motifs is 2. The van der Waals surface area contributed by atoms with Gasteiger partial charge in [-0.25, -0.2) is 14.8 Å². The van der Waals surface area contributed by atoms with Crippen LogP contribution in [0, 0.1) is 0 Å². The van der Waals surface area contributed by atoms with Crippen molar-refractivity contribution in [3.8, 4) is 0 Å². The number of imidazole rings is 1. The SMILES string of the molecule is O=C(O)N1CCC(Nc2nc3cccnc3n2Cc2cccc3cccnc23)CC1. The molecule has 4 aromatic rings. The minimum Gasteiger partial charge on any atom is -0.465 e.